The molecule has 20 heavy (non-hydrogen) atoms. The summed E-state index contributed by atoms with van der Waals surface area (Å²) in [4.78, 5) is 0. The molecule has 0 amide bonds. The number of nitrogens with one attached hydrogen (secondary N) is 1. The maximum atomic E-state index is 12.6. The standard InChI is InChI=1S/C14H20F3NO2/c1-9(19)13(2,3)18-8-12(20)10-5-4-6-11(7-10)14(15,16)17/h4-7,9,12,18-20H,8H2,1-3H3. The fourth-order valence-electron chi connectivity index (χ4n) is 1.55. The van der Waals surface area contributed by atoms with Crippen LogP contribution in [0.1, 0.15) is 38.0 Å². The van der Waals surface area contributed by atoms with E-state index in [2.05, 4.69) is 5.32 Å². The van der Waals surface area contributed by atoms with Gasteiger partial charge in [-0.1, -0.05) is 12.1 Å². The molecular formula is C14H20F3NO2. The van der Waals surface area contributed by atoms with Gasteiger partial charge in [-0.2, -0.15) is 13.2 Å². The van der Waals surface area contributed by atoms with Crippen LogP contribution in [0, 0.1) is 0 Å². The number of β-amino-alcohol motifs (C(OH)–C–C–N with tert-alkyl or cyclic N) is 1. The van der Waals surface area contributed by atoms with Crippen molar-refractivity contribution in [3.8, 4) is 0 Å². The molecule has 0 aliphatic carbocycles. The lowest BCUT2D eigenvalue weighted by atomic mass is 9.97. The van der Waals surface area contributed by atoms with Gasteiger partial charge in [-0.25, -0.2) is 0 Å². The van der Waals surface area contributed by atoms with E-state index < -0.39 is 29.5 Å². The third-order valence-corrected chi connectivity index (χ3v) is 3.39. The summed E-state index contributed by atoms with van der Waals surface area (Å²) in [6.07, 6.45) is -6.16. The molecule has 0 saturated heterocycles. The van der Waals surface area contributed by atoms with Crippen LogP contribution >= 0.6 is 0 Å². The van der Waals surface area contributed by atoms with Gasteiger partial charge in [0.2, 0.25) is 0 Å². The Morgan fingerprint density at radius 1 is 1.20 bits per heavy atom. The number of aliphatic hydroxyl groups excluding tert-OH is 2. The van der Waals surface area contributed by atoms with Crippen molar-refractivity contribution in [1.29, 1.82) is 0 Å². The minimum Gasteiger partial charge on any atom is -0.392 e. The Balaban J connectivity index is 2.76. The third-order valence-electron chi connectivity index (χ3n) is 3.39. The Morgan fingerprint density at radius 2 is 1.80 bits per heavy atom. The van der Waals surface area contributed by atoms with E-state index in [0.717, 1.165) is 12.1 Å². The number of halogens is 3. The number of rotatable bonds is 5. The second-order valence-electron chi connectivity index (χ2n) is 5.42. The normalized spacial score (nSPS) is 16.0. The smallest absolute Gasteiger partial charge is 0.392 e. The zero-order valence-electron chi connectivity index (χ0n) is 11.7. The Bertz CT molecular complexity index is 444. The van der Waals surface area contributed by atoms with Gasteiger partial charge >= 0.3 is 6.18 Å². The molecule has 2 unspecified atom stereocenters. The predicted molar refractivity (Wildman–Crippen MR) is 70.2 cm³/mol. The van der Waals surface area contributed by atoms with Crippen molar-refractivity contribution in [3.63, 3.8) is 0 Å². The van der Waals surface area contributed by atoms with Gasteiger partial charge in [0.05, 0.1) is 17.8 Å². The van der Waals surface area contributed by atoms with Crippen molar-refractivity contribution >= 4 is 0 Å². The van der Waals surface area contributed by atoms with E-state index in [1.807, 2.05) is 0 Å². The lowest BCUT2D eigenvalue weighted by Gasteiger charge is -2.30. The second kappa shape index (κ2) is 6.11. The molecule has 114 valence electrons. The van der Waals surface area contributed by atoms with E-state index in [9.17, 15) is 23.4 Å². The Morgan fingerprint density at radius 3 is 2.30 bits per heavy atom. The van der Waals surface area contributed by atoms with Gasteiger partial charge in [-0.3, -0.25) is 0 Å². The first-order valence-electron chi connectivity index (χ1n) is 6.32. The molecule has 1 aromatic rings. The number of alkyl halides is 3. The summed E-state index contributed by atoms with van der Waals surface area (Å²) in [5.41, 5.74) is -1.24. The Labute approximate surface area is 116 Å². The fourth-order valence-corrected chi connectivity index (χ4v) is 1.55. The summed E-state index contributed by atoms with van der Waals surface area (Å²) >= 11 is 0. The molecule has 0 aromatic heterocycles. The maximum absolute atomic E-state index is 12.6. The number of hydrogen-bond acceptors (Lipinski definition) is 3. The van der Waals surface area contributed by atoms with Crippen molar-refractivity contribution in [2.24, 2.45) is 0 Å². The van der Waals surface area contributed by atoms with E-state index in [4.69, 9.17) is 0 Å². The molecule has 6 heteroatoms. The van der Waals surface area contributed by atoms with Gasteiger partial charge in [0, 0.05) is 12.1 Å². The van der Waals surface area contributed by atoms with E-state index in [-0.39, 0.29) is 12.1 Å². The molecule has 0 fully saturated rings. The molecular weight excluding hydrogens is 271 g/mol. The molecule has 3 nitrogen and oxygen atoms in total. The minimum atomic E-state index is -4.43. The summed E-state index contributed by atoms with van der Waals surface area (Å²) < 4.78 is 37.7. The Hall–Kier alpha value is -1.11. The average molecular weight is 291 g/mol. The van der Waals surface area contributed by atoms with Crippen LogP contribution in [0.3, 0.4) is 0 Å². The first-order chi connectivity index (χ1) is 9.04. The van der Waals surface area contributed by atoms with Crippen LogP contribution in [-0.4, -0.2) is 28.4 Å². The average Bonchev–Trinajstić information content (AvgIpc) is 2.35. The van der Waals surface area contributed by atoms with E-state index in [1.54, 1.807) is 20.8 Å². The molecule has 3 N–H and O–H groups in total. The topological polar surface area (TPSA) is 52.5 Å². The summed E-state index contributed by atoms with van der Waals surface area (Å²) in [6, 6.07) is 4.60. The highest BCUT2D eigenvalue weighted by Gasteiger charge is 2.31. The minimum absolute atomic E-state index is 0.0548. The van der Waals surface area contributed by atoms with E-state index in [0.29, 0.717) is 0 Å². The van der Waals surface area contributed by atoms with Crippen molar-refractivity contribution < 1.29 is 23.4 Å². The zero-order chi connectivity index (χ0) is 15.6. The van der Waals surface area contributed by atoms with Crippen LogP contribution in [0.15, 0.2) is 24.3 Å². The summed E-state index contributed by atoms with van der Waals surface area (Å²) in [5.74, 6) is 0. The van der Waals surface area contributed by atoms with Crippen LogP contribution < -0.4 is 5.32 Å². The highest BCUT2D eigenvalue weighted by molar-refractivity contribution is 5.27. The molecule has 1 aromatic carbocycles. The summed E-state index contributed by atoms with van der Waals surface area (Å²) in [5, 5.41) is 22.4. The number of aliphatic hydroxyl groups is 2. The van der Waals surface area contributed by atoms with Gasteiger partial charge in [0.25, 0.3) is 0 Å². The third kappa shape index (κ3) is 4.47. The summed E-state index contributed by atoms with van der Waals surface area (Å²) in [7, 11) is 0. The highest BCUT2D eigenvalue weighted by Crippen LogP contribution is 2.30. The van der Waals surface area contributed by atoms with Crippen LogP contribution in [-0.2, 0) is 6.18 Å². The molecule has 0 aliphatic rings. The molecule has 0 spiro atoms. The summed E-state index contributed by atoms with van der Waals surface area (Å²) in [6.45, 7) is 5.15. The van der Waals surface area contributed by atoms with Crippen LogP contribution in [0.2, 0.25) is 0 Å². The van der Waals surface area contributed by atoms with Gasteiger partial charge in [0.15, 0.2) is 0 Å². The van der Waals surface area contributed by atoms with Gasteiger partial charge in [0.1, 0.15) is 0 Å². The molecule has 0 bridgehead atoms. The Kier molecular flexibility index (Phi) is 5.18. The van der Waals surface area contributed by atoms with Crippen molar-refractivity contribution in [1.82, 2.24) is 5.32 Å². The highest BCUT2D eigenvalue weighted by atomic mass is 19.4. The largest absolute Gasteiger partial charge is 0.416 e. The molecule has 2 atom stereocenters. The fraction of sp³-hybridized carbons (Fsp3) is 0.571. The first kappa shape index (κ1) is 16.9. The lowest BCUT2D eigenvalue weighted by Crippen LogP contribution is -2.49. The molecule has 0 radical (unpaired) electrons. The van der Waals surface area contributed by atoms with Gasteiger partial charge in [-0.15, -0.1) is 0 Å². The predicted octanol–water partition coefficient (Wildman–Crippen LogP) is 2.49. The molecule has 0 saturated carbocycles. The van der Waals surface area contributed by atoms with E-state index in [1.165, 1.54) is 12.1 Å². The zero-order valence-corrected chi connectivity index (χ0v) is 11.7. The van der Waals surface area contributed by atoms with Gasteiger partial charge in [-0.05, 0) is 38.5 Å². The SMILES string of the molecule is CC(O)C(C)(C)NCC(O)c1cccc(C(F)(F)F)c1. The van der Waals surface area contributed by atoms with Crippen molar-refractivity contribution in [2.75, 3.05) is 6.54 Å². The first-order valence-corrected chi connectivity index (χ1v) is 6.32. The number of hydrogen-bond donors (Lipinski definition) is 3. The lowest BCUT2D eigenvalue weighted by molar-refractivity contribution is -0.137. The maximum Gasteiger partial charge on any atom is 0.416 e. The van der Waals surface area contributed by atoms with Crippen molar-refractivity contribution in [3.05, 3.63) is 35.4 Å². The second-order valence-corrected chi connectivity index (χ2v) is 5.42. The monoisotopic (exact) mass is 291 g/mol. The van der Waals surface area contributed by atoms with Crippen LogP contribution in [0.5, 0.6) is 0 Å². The number of benzene rings is 1. The quantitative estimate of drug-likeness (QED) is 0.781. The molecule has 0 heterocycles. The van der Waals surface area contributed by atoms with Crippen LogP contribution in [0.25, 0.3) is 0 Å². The van der Waals surface area contributed by atoms with Crippen LogP contribution in [0.4, 0.5) is 13.2 Å². The molecule has 1 rings (SSSR count). The van der Waals surface area contributed by atoms with Crippen molar-refractivity contribution in [2.45, 2.75) is 44.7 Å². The molecule has 0 aliphatic heterocycles. The van der Waals surface area contributed by atoms with E-state index >= 15 is 0 Å². The van der Waals surface area contributed by atoms with Gasteiger partial charge < -0.3 is 15.5 Å².